The highest BCUT2D eigenvalue weighted by Gasteiger charge is 2.35. The lowest BCUT2D eigenvalue weighted by Crippen LogP contribution is -2.35. The monoisotopic (exact) mass is 242 g/mol. The van der Waals surface area contributed by atoms with Crippen LogP contribution in [0.1, 0.15) is 30.0 Å². The van der Waals surface area contributed by atoms with Crippen LogP contribution in [0.3, 0.4) is 0 Å². The zero-order valence-electron chi connectivity index (χ0n) is 11.1. The Balaban J connectivity index is 2.46. The van der Waals surface area contributed by atoms with Crippen LogP contribution in [-0.4, -0.2) is 11.7 Å². The third kappa shape index (κ3) is 1.39. The third-order valence-corrected chi connectivity index (χ3v) is 4.09. The SMILES string of the molecule is CCC1(O)COc2c(C)ccc3c(C)ccc1c23. The first-order valence-corrected chi connectivity index (χ1v) is 6.45. The van der Waals surface area contributed by atoms with Crippen LogP contribution in [0, 0.1) is 13.8 Å². The van der Waals surface area contributed by atoms with E-state index < -0.39 is 5.60 Å². The molecule has 0 radical (unpaired) electrons. The smallest absolute Gasteiger partial charge is 0.130 e. The second kappa shape index (κ2) is 3.72. The van der Waals surface area contributed by atoms with Crippen molar-refractivity contribution in [3.05, 3.63) is 41.0 Å². The van der Waals surface area contributed by atoms with Gasteiger partial charge in [0.2, 0.25) is 0 Å². The summed E-state index contributed by atoms with van der Waals surface area (Å²) in [6, 6.07) is 8.35. The van der Waals surface area contributed by atoms with Gasteiger partial charge in [-0.25, -0.2) is 0 Å². The van der Waals surface area contributed by atoms with Gasteiger partial charge in [0.15, 0.2) is 0 Å². The molecular weight excluding hydrogens is 224 g/mol. The molecule has 0 fully saturated rings. The van der Waals surface area contributed by atoms with Crippen molar-refractivity contribution in [3.8, 4) is 5.75 Å². The Morgan fingerprint density at radius 1 is 1.17 bits per heavy atom. The highest BCUT2D eigenvalue weighted by molar-refractivity contribution is 5.96. The van der Waals surface area contributed by atoms with Crippen LogP contribution in [0.15, 0.2) is 24.3 Å². The number of hydrogen-bond donors (Lipinski definition) is 1. The molecule has 0 saturated heterocycles. The summed E-state index contributed by atoms with van der Waals surface area (Å²) in [5, 5.41) is 13.0. The predicted molar refractivity (Wildman–Crippen MR) is 73.1 cm³/mol. The maximum Gasteiger partial charge on any atom is 0.130 e. The van der Waals surface area contributed by atoms with Crippen LogP contribution in [0.4, 0.5) is 0 Å². The molecular formula is C16H18O2. The van der Waals surface area contributed by atoms with Gasteiger partial charge in [0.05, 0.1) is 0 Å². The van der Waals surface area contributed by atoms with Crippen LogP contribution in [-0.2, 0) is 5.60 Å². The minimum atomic E-state index is -0.854. The molecule has 1 atom stereocenters. The number of hydrogen-bond acceptors (Lipinski definition) is 2. The van der Waals surface area contributed by atoms with Gasteiger partial charge in [-0.1, -0.05) is 31.2 Å². The van der Waals surface area contributed by atoms with Crippen LogP contribution >= 0.6 is 0 Å². The molecule has 1 heterocycles. The maximum atomic E-state index is 10.7. The summed E-state index contributed by atoms with van der Waals surface area (Å²) < 4.78 is 5.84. The summed E-state index contributed by atoms with van der Waals surface area (Å²) in [5.41, 5.74) is 2.51. The second-order valence-corrected chi connectivity index (χ2v) is 5.24. The Morgan fingerprint density at radius 2 is 1.89 bits per heavy atom. The molecule has 2 nitrogen and oxygen atoms in total. The lowest BCUT2D eigenvalue weighted by molar-refractivity contribution is -0.0167. The summed E-state index contributed by atoms with van der Waals surface area (Å²) in [5.74, 6) is 0.935. The Hall–Kier alpha value is -1.54. The number of aryl methyl sites for hydroxylation is 2. The van der Waals surface area contributed by atoms with E-state index in [-0.39, 0.29) is 0 Å². The summed E-state index contributed by atoms with van der Waals surface area (Å²) >= 11 is 0. The van der Waals surface area contributed by atoms with Crippen molar-refractivity contribution in [3.63, 3.8) is 0 Å². The minimum Gasteiger partial charge on any atom is -0.489 e. The molecule has 0 saturated carbocycles. The zero-order valence-corrected chi connectivity index (χ0v) is 11.1. The molecule has 1 N–H and O–H groups in total. The molecule has 2 aromatic rings. The van der Waals surface area contributed by atoms with Crippen molar-refractivity contribution in [1.82, 2.24) is 0 Å². The van der Waals surface area contributed by atoms with E-state index in [0.29, 0.717) is 13.0 Å². The lowest BCUT2D eigenvalue weighted by Gasteiger charge is -2.34. The minimum absolute atomic E-state index is 0.347. The number of ether oxygens (including phenoxy) is 1. The van der Waals surface area contributed by atoms with Crippen molar-refractivity contribution < 1.29 is 9.84 Å². The van der Waals surface area contributed by atoms with Gasteiger partial charge < -0.3 is 9.84 Å². The van der Waals surface area contributed by atoms with E-state index in [2.05, 4.69) is 32.0 Å². The molecule has 1 aliphatic rings. The highest BCUT2D eigenvalue weighted by Crippen LogP contribution is 2.43. The first-order valence-electron chi connectivity index (χ1n) is 6.45. The van der Waals surface area contributed by atoms with Gasteiger partial charge >= 0.3 is 0 Å². The van der Waals surface area contributed by atoms with Crippen LogP contribution in [0.5, 0.6) is 5.75 Å². The summed E-state index contributed by atoms with van der Waals surface area (Å²) in [6.07, 6.45) is 0.665. The predicted octanol–water partition coefficient (Wildman–Crippen LogP) is 3.45. The van der Waals surface area contributed by atoms with Crippen LogP contribution in [0.2, 0.25) is 0 Å². The van der Waals surface area contributed by atoms with Crippen molar-refractivity contribution in [1.29, 1.82) is 0 Å². The fourth-order valence-corrected chi connectivity index (χ4v) is 2.80. The molecule has 1 aliphatic heterocycles. The molecule has 0 amide bonds. The standard InChI is InChI=1S/C16H18O2/c1-4-16(17)9-18-15-11(3)5-7-12-10(2)6-8-13(16)14(12)15/h5-8,17H,4,9H2,1-3H3. The normalized spacial score (nSPS) is 22.0. The van der Waals surface area contributed by atoms with Crippen molar-refractivity contribution in [2.45, 2.75) is 32.8 Å². The molecule has 2 heteroatoms. The van der Waals surface area contributed by atoms with Gasteiger partial charge in [0.25, 0.3) is 0 Å². The molecule has 94 valence electrons. The van der Waals surface area contributed by atoms with E-state index in [1.165, 1.54) is 10.9 Å². The summed E-state index contributed by atoms with van der Waals surface area (Å²) in [6.45, 7) is 6.49. The van der Waals surface area contributed by atoms with Crippen molar-refractivity contribution in [2.24, 2.45) is 0 Å². The van der Waals surface area contributed by atoms with E-state index in [0.717, 1.165) is 22.3 Å². The van der Waals surface area contributed by atoms with Gasteiger partial charge in [0.1, 0.15) is 18.0 Å². The number of rotatable bonds is 1. The summed E-state index contributed by atoms with van der Waals surface area (Å²) in [4.78, 5) is 0. The fourth-order valence-electron chi connectivity index (χ4n) is 2.80. The second-order valence-electron chi connectivity index (χ2n) is 5.24. The van der Waals surface area contributed by atoms with E-state index in [9.17, 15) is 5.11 Å². The van der Waals surface area contributed by atoms with Gasteiger partial charge in [-0.15, -0.1) is 0 Å². The van der Waals surface area contributed by atoms with Crippen molar-refractivity contribution >= 4 is 10.8 Å². The first-order chi connectivity index (χ1) is 8.57. The van der Waals surface area contributed by atoms with E-state index in [1.807, 2.05) is 13.0 Å². The van der Waals surface area contributed by atoms with E-state index in [1.54, 1.807) is 0 Å². The van der Waals surface area contributed by atoms with Gasteiger partial charge in [0, 0.05) is 5.39 Å². The Labute approximate surface area is 107 Å². The van der Waals surface area contributed by atoms with Crippen LogP contribution in [0.25, 0.3) is 10.8 Å². The number of aliphatic hydroxyl groups is 1. The molecule has 0 spiro atoms. The molecule has 1 unspecified atom stereocenters. The fraction of sp³-hybridized carbons (Fsp3) is 0.375. The van der Waals surface area contributed by atoms with Crippen LogP contribution < -0.4 is 4.74 Å². The molecule has 0 aromatic heterocycles. The Bertz CT molecular complexity index is 631. The molecule has 0 bridgehead atoms. The van der Waals surface area contributed by atoms with E-state index >= 15 is 0 Å². The molecule has 2 aromatic carbocycles. The van der Waals surface area contributed by atoms with E-state index in [4.69, 9.17) is 4.74 Å². The third-order valence-electron chi connectivity index (χ3n) is 4.09. The Kier molecular flexibility index (Phi) is 2.39. The Morgan fingerprint density at radius 3 is 2.61 bits per heavy atom. The average molecular weight is 242 g/mol. The highest BCUT2D eigenvalue weighted by atomic mass is 16.5. The zero-order chi connectivity index (χ0) is 12.9. The molecule has 3 rings (SSSR count). The van der Waals surface area contributed by atoms with Gasteiger partial charge in [-0.05, 0) is 42.3 Å². The van der Waals surface area contributed by atoms with Crippen molar-refractivity contribution in [2.75, 3.05) is 6.61 Å². The van der Waals surface area contributed by atoms with Gasteiger partial charge in [-0.3, -0.25) is 0 Å². The number of benzene rings is 2. The topological polar surface area (TPSA) is 29.5 Å². The summed E-state index contributed by atoms with van der Waals surface area (Å²) in [7, 11) is 0. The average Bonchev–Trinajstić information content (AvgIpc) is 2.37. The first kappa shape index (κ1) is 11.5. The molecule has 18 heavy (non-hydrogen) atoms. The largest absolute Gasteiger partial charge is 0.489 e. The quantitative estimate of drug-likeness (QED) is 0.830. The lowest BCUT2D eigenvalue weighted by atomic mass is 9.84. The molecule has 0 aliphatic carbocycles. The maximum absolute atomic E-state index is 10.7. The van der Waals surface area contributed by atoms with Gasteiger partial charge in [-0.2, -0.15) is 0 Å².